The fraction of sp³-hybridized carbons (Fsp3) is 0.450. The van der Waals surface area contributed by atoms with Crippen LogP contribution in [0.3, 0.4) is 0 Å². The first-order valence-corrected chi connectivity index (χ1v) is 8.59. The SMILES string of the molecule is Cc1ccccc1C(C)N(CC(C)C)C(=O)CCc1ccncn1. The zero-order valence-electron chi connectivity index (χ0n) is 15.1. The van der Waals surface area contributed by atoms with Crippen molar-refractivity contribution in [3.05, 3.63) is 59.7 Å². The van der Waals surface area contributed by atoms with E-state index in [0.717, 1.165) is 12.2 Å². The molecular weight excluding hydrogens is 298 g/mol. The van der Waals surface area contributed by atoms with Crippen molar-refractivity contribution in [2.45, 2.75) is 46.6 Å². The fourth-order valence-electron chi connectivity index (χ4n) is 2.94. The normalized spacial score (nSPS) is 12.2. The summed E-state index contributed by atoms with van der Waals surface area (Å²) in [5.74, 6) is 0.609. The minimum absolute atomic E-state index is 0.0755. The molecule has 0 aliphatic rings. The minimum Gasteiger partial charge on any atom is -0.336 e. The lowest BCUT2D eigenvalue weighted by Gasteiger charge is -2.32. The maximum absolute atomic E-state index is 12.9. The van der Waals surface area contributed by atoms with E-state index in [1.165, 1.54) is 17.5 Å². The van der Waals surface area contributed by atoms with E-state index < -0.39 is 0 Å². The van der Waals surface area contributed by atoms with Gasteiger partial charge in [0.2, 0.25) is 5.91 Å². The molecule has 0 spiro atoms. The van der Waals surface area contributed by atoms with Crippen LogP contribution in [0.2, 0.25) is 0 Å². The Kier molecular flexibility index (Phi) is 6.47. The largest absolute Gasteiger partial charge is 0.336 e. The summed E-state index contributed by atoms with van der Waals surface area (Å²) in [4.78, 5) is 23.0. The predicted molar refractivity (Wildman–Crippen MR) is 96.5 cm³/mol. The maximum Gasteiger partial charge on any atom is 0.223 e. The summed E-state index contributed by atoms with van der Waals surface area (Å²) in [7, 11) is 0. The molecule has 24 heavy (non-hydrogen) atoms. The Hall–Kier alpha value is -2.23. The lowest BCUT2D eigenvalue weighted by atomic mass is 9.99. The van der Waals surface area contributed by atoms with Gasteiger partial charge in [-0.25, -0.2) is 9.97 Å². The molecular formula is C20H27N3O. The molecule has 1 heterocycles. The smallest absolute Gasteiger partial charge is 0.223 e. The van der Waals surface area contributed by atoms with Gasteiger partial charge in [0.05, 0.1) is 6.04 Å². The van der Waals surface area contributed by atoms with Crippen LogP contribution in [-0.2, 0) is 11.2 Å². The van der Waals surface area contributed by atoms with Gasteiger partial charge in [0.25, 0.3) is 0 Å². The zero-order valence-corrected chi connectivity index (χ0v) is 15.1. The molecule has 2 rings (SSSR count). The molecule has 0 fully saturated rings. The van der Waals surface area contributed by atoms with Crippen molar-refractivity contribution in [2.75, 3.05) is 6.54 Å². The van der Waals surface area contributed by atoms with Crippen molar-refractivity contribution in [1.29, 1.82) is 0 Å². The molecule has 1 amide bonds. The maximum atomic E-state index is 12.9. The van der Waals surface area contributed by atoms with Crippen LogP contribution >= 0.6 is 0 Å². The molecule has 1 unspecified atom stereocenters. The molecule has 2 aromatic rings. The van der Waals surface area contributed by atoms with E-state index in [0.29, 0.717) is 18.8 Å². The van der Waals surface area contributed by atoms with Crippen molar-refractivity contribution >= 4 is 5.91 Å². The molecule has 4 heteroatoms. The molecule has 1 aromatic heterocycles. The van der Waals surface area contributed by atoms with E-state index in [2.05, 4.69) is 49.8 Å². The van der Waals surface area contributed by atoms with Gasteiger partial charge in [-0.3, -0.25) is 4.79 Å². The number of rotatable bonds is 7. The van der Waals surface area contributed by atoms with E-state index in [1.807, 2.05) is 23.1 Å². The molecule has 0 saturated carbocycles. The molecule has 0 N–H and O–H groups in total. The van der Waals surface area contributed by atoms with Gasteiger partial charge in [-0.05, 0) is 43.4 Å². The summed E-state index contributed by atoms with van der Waals surface area (Å²) in [5.41, 5.74) is 3.35. The summed E-state index contributed by atoms with van der Waals surface area (Å²) in [6.07, 6.45) is 4.37. The number of nitrogens with zero attached hydrogens (tertiary/aromatic N) is 3. The third kappa shape index (κ3) is 4.88. The highest BCUT2D eigenvalue weighted by Crippen LogP contribution is 2.25. The third-order valence-electron chi connectivity index (χ3n) is 4.23. The lowest BCUT2D eigenvalue weighted by Crippen LogP contribution is -2.37. The third-order valence-corrected chi connectivity index (χ3v) is 4.23. The quantitative estimate of drug-likeness (QED) is 0.774. The van der Waals surface area contributed by atoms with Gasteiger partial charge >= 0.3 is 0 Å². The summed E-state index contributed by atoms with van der Waals surface area (Å²) in [5, 5.41) is 0. The summed E-state index contributed by atoms with van der Waals surface area (Å²) in [6, 6.07) is 10.2. The number of benzene rings is 1. The zero-order chi connectivity index (χ0) is 17.5. The molecule has 0 aliphatic heterocycles. The Morgan fingerprint density at radius 3 is 2.54 bits per heavy atom. The van der Waals surface area contributed by atoms with E-state index in [1.54, 1.807) is 6.20 Å². The number of carbonyl (C=O) groups excluding carboxylic acids is 1. The van der Waals surface area contributed by atoms with Gasteiger partial charge in [0.15, 0.2) is 0 Å². The number of aryl methyl sites for hydroxylation is 2. The minimum atomic E-state index is 0.0755. The lowest BCUT2D eigenvalue weighted by molar-refractivity contribution is -0.134. The monoisotopic (exact) mass is 325 g/mol. The van der Waals surface area contributed by atoms with Gasteiger partial charge in [-0.1, -0.05) is 38.1 Å². The number of carbonyl (C=O) groups is 1. The van der Waals surface area contributed by atoms with Crippen LogP contribution in [0, 0.1) is 12.8 Å². The Morgan fingerprint density at radius 2 is 1.92 bits per heavy atom. The van der Waals surface area contributed by atoms with Crippen molar-refractivity contribution in [2.24, 2.45) is 5.92 Å². The number of hydrogen-bond donors (Lipinski definition) is 0. The van der Waals surface area contributed by atoms with Crippen LogP contribution in [0.1, 0.15) is 50.1 Å². The van der Waals surface area contributed by atoms with Crippen molar-refractivity contribution in [3.8, 4) is 0 Å². The predicted octanol–water partition coefficient (Wildman–Crippen LogP) is 3.96. The number of hydrogen-bond acceptors (Lipinski definition) is 3. The van der Waals surface area contributed by atoms with Crippen molar-refractivity contribution in [1.82, 2.24) is 14.9 Å². The van der Waals surface area contributed by atoms with Crippen LogP contribution in [0.4, 0.5) is 0 Å². The topological polar surface area (TPSA) is 46.1 Å². The van der Waals surface area contributed by atoms with Gasteiger partial charge in [0.1, 0.15) is 6.33 Å². The average Bonchev–Trinajstić information content (AvgIpc) is 2.58. The second-order valence-corrected chi connectivity index (χ2v) is 6.67. The second kappa shape index (κ2) is 8.57. The molecule has 0 aliphatic carbocycles. The van der Waals surface area contributed by atoms with Crippen LogP contribution in [0.5, 0.6) is 0 Å². The molecule has 0 radical (unpaired) electrons. The Labute approximate surface area is 144 Å². The molecule has 0 bridgehead atoms. The van der Waals surface area contributed by atoms with E-state index >= 15 is 0 Å². The van der Waals surface area contributed by atoms with Crippen LogP contribution in [0.15, 0.2) is 42.9 Å². The standard InChI is InChI=1S/C20H27N3O/c1-15(2)13-23(17(4)19-8-6-5-7-16(19)3)20(24)10-9-18-11-12-21-14-22-18/h5-8,11-12,14-15,17H,9-10,13H2,1-4H3. The van der Waals surface area contributed by atoms with Crippen molar-refractivity contribution in [3.63, 3.8) is 0 Å². The summed E-state index contributed by atoms with van der Waals surface area (Å²) < 4.78 is 0. The van der Waals surface area contributed by atoms with Crippen molar-refractivity contribution < 1.29 is 4.79 Å². The van der Waals surface area contributed by atoms with Gasteiger partial charge in [-0.15, -0.1) is 0 Å². The molecule has 1 atom stereocenters. The average molecular weight is 325 g/mol. The van der Waals surface area contributed by atoms with Gasteiger partial charge in [0, 0.05) is 24.9 Å². The summed E-state index contributed by atoms with van der Waals surface area (Å²) in [6.45, 7) is 9.28. The van der Waals surface area contributed by atoms with Gasteiger partial charge < -0.3 is 4.90 Å². The van der Waals surface area contributed by atoms with Crippen LogP contribution in [0.25, 0.3) is 0 Å². The second-order valence-electron chi connectivity index (χ2n) is 6.67. The Bertz CT molecular complexity index is 655. The van der Waals surface area contributed by atoms with Crippen LogP contribution < -0.4 is 0 Å². The van der Waals surface area contributed by atoms with Gasteiger partial charge in [-0.2, -0.15) is 0 Å². The fourth-order valence-corrected chi connectivity index (χ4v) is 2.94. The number of amides is 1. The molecule has 128 valence electrons. The molecule has 1 aromatic carbocycles. The van der Waals surface area contributed by atoms with E-state index in [-0.39, 0.29) is 11.9 Å². The molecule has 4 nitrogen and oxygen atoms in total. The van der Waals surface area contributed by atoms with Crippen LogP contribution in [-0.4, -0.2) is 27.3 Å². The highest BCUT2D eigenvalue weighted by molar-refractivity contribution is 5.77. The Morgan fingerprint density at radius 1 is 1.17 bits per heavy atom. The first kappa shape index (κ1) is 18.1. The highest BCUT2D eigenvalue weighted by Gasteiger charge is 2.23. The molecule has 0 saturated heterocycles. The Balaban J connectivity index is 2.12. The number of aromatic nitrogens is 2. The van der Waals surface area contributed by atoms with E-state index in [4.69, 9.17) is 0 Å². The first-order chi connectivity index (χ1) is 11.5. The van der Waals surface area contributed by atoms with E-state index in [9.17, 15) is 4.79 Å². The highest BCUT2D eigenvalue weighted by atomic mass is 16.2. The summed E-state index contributed by atoms with van der Waals surface area (Å²) >= 11 is 0. The first-order valence-electron chi connectivity index (χ1n) is 8.59.